The average molecular weight is 215 g/mol. The van der Waals surface area contributed by atoms with E-state index < -0.39 is 0 Å². The van der Waals surface area contributed by atoms with E-state index in [4.69, 9.17) is 0 Å². The Kier molecular flexibility index (Phi) is 4.60. The summed E-state index contributed by atoms with van der Waals surface area (Å²) in [6, 6.07) is 5.73. The van der Waals surface area contributed by atoms with Gasteiger partial charge in [0, 0.05) is 18.5 Å². The molecule has 84 valence electrons. The van der Waals surface area contributed by atoms with Crippen molar-refractivity contribution < 1.29 is 4.79 Å². The summed E-state index contributed by atoms with van der Waals surface area (Å²) in [7, 11) is 0. The van der Waals surface area contributed by atoms with E-state index in [-0.39, 0.29) is 5.91 Å². The zero-order valence-corrected chi connectivity index (χ0v) is 10.1. The molecule has 1 rings (SSSR count). The van der Waals surface area contributed by atoms with Crippen molar-refractivity contribution in [3.63, 3.8) is 0 Å². The second-order valence-electron chi connectivity index (χ2n) is 3.73. The number of aryl methyl sites for hydroxylation is 2. The van der Waals surface area contributed by atoms with Crippen LogP contribution in [0, 0.1) is 25.7 Å². The van der Waals surface area contributed by atoms with Gasteiger partial charge < -0.3 is 5.32 Å². The molecule has 0 saturated heterocycles. The van der Waals surface area contributed by atoms with Gasteiger partial charge in [0.25, 0.3) is 5.91 Å². The fourth-order valence-electron chi connectivity index (χ4n) is 1.35. The quantitative estimate of drug-likeness (QED) is 0.609. The first-order chi connectivity index (χ1) is 7.65. The molecule has 0 aliphatic heterocycles. The van der Waals surface area contributed by atoms with Gasteiger partial charge in [0.1, 0.15) is 0 Å². The second-order valence-corrected chi connectivity index (χ2v) is 3.73. The van der Waals surface area contributed by atoms with Crippen molar-refractivity contribution in [2.24, 2.45) is 0 Å². The predicted octanol–water partition coefficient (Wildman–Crippen LogP) is 2.45. The Labute approximate surface area is 97.1 Å². The first-order valence-corrected chi connectivity index (χ1v) is 5.40. The Bertz CT molecular complexity index is 438. The molecule has 0 atom stereocenters. The van der Waals surface area contributed by atoms with E-state index in [2.05, 4.69) is 17.2 Å². The predicted molar refractivity (Wildman–Crippen MR) is 66.3 cm³/mol. The lowest BCUT2D eigenvalue weighted by Crippen LogP contribution is -2.24. The van der Waals surface area contributed by atoms with Crippen molar-refractivity contribution in [3.05, 3.63) is 34.9 Å². The molecule has 2 heteroatoms. The molecule has 16 heavy (non-hydrogen) atoms. The van der Waals surface area contributed by atoms with Gasteiger partial charge in [0.2, 0.25) is 0 Å². The summed E-state index contributed by atoms with van der Waals surface area (Å²) in [6.45, 7) is 6.44. The number of benzene rings is 1. The van der Waals surface area contributed by atoms with Crippen LogP contribution in [0.15, 0.2) is 18.2 Å². The molecule has 0 saturated carbocycles. The highest BCUT2D eigenvalue weighted by atomic mass is 16.1. The molecule has 2 nitrogen and oxygen atoms in total. The van der Waals surface area contributed by atoms with Gasteiger partial charge in [-0.3, -0.25) is 4.79 Å². The molecule has 0 aliphatic carbocycles. The van der Waals surface area contributed by atoms with E-state index in [9.17, 15) is 4.79 Å². The smallest absolute Gasteiger partial charge is 0.251 e. The maximum Gasteiger partial charge on any atom is 0.251 e. The number of hydrogen-bond acceptors (Lipinski definition) is 1. The van der Waals surface area contributed by atoms with Crippen LogP contribution in [0.25, 0.3) is 0 Å². The molecule has 0 unspecified atom stereocenters. The number of amides is 1. The first kappa shape index (κ1) is 12.3. The van der Waals surface area contributed by atoms with Gasteiger partial charge in [-0.15, -0.1) is 11.8 Å². The lowest BCUT2D eigenvalue weighted by molar-refractivity contribution is 0.0954. The number of carbonyl (C=O) groups is 1. The fraction of sp³-hybridized carbons (Fsp3) is 0.357. The van der Waals surface area contributed by atoms with E-state index in [1.165, 1.54) is 5.56 Å². The lowest BCUT2D eigenvalue weighted by Gasteiger charge is -2.05. The summed E-state index contributed by atoms with van der Waals surface area (Å²) in [5, 5.41) is 2.84. The number of nitrogens with one attached hydrogen (secondary N) is 1. The van der Waals surface area contributed by atoms with E-state index in [0.717, 1.165) is 5.56 Å². The topological polar surface area (TPSA) is 29.1 Å². The molecule has 0 fully saturated rings. The third-order valence-corrected chi connectivity index (χ3v) is 2.48. The van der Waals surface area contributed by atoms with Crippen LogP contribution in [0.1, 0.15) is 34.8 Å². The van der Waals surface area contributed by atoms with Crippen molar-refractivity contribution >= 4 is 5.91 Å². The molecule has 0 aromatic heterocycles. The zero-order valence-electron chi connectivity index (χ0n) is 10.1. The monoisotopic (exact) mass is 215 g/mol. The number of carbonyl (C=O) groups excluding carboxylic acids is 1. The van der Waals surface area contributed by atoms with Gasteiger partial charge in [0.05, 0.1) is 0 Å². The molecule has 1 N–H and O–H groups in total. The maximum absolute atomic E-state index is 11.7. The minimum atomic E-state index is -0.0268. The van der Waals surface area contributed by atoms with Crippen molar-refractivity contribution in [1.82, 2.24) is 5.32 Å². The summed E-state index contributed by atoms with van der Waals surface area (Å²) in [5.74, 6) is 5.68. The molecule has 0 heterocycles. The lowest BCUT2D eigenvalue weighted by atomic mass is 10.1. The van der Waals surface area contributed by atoms with Crippen molar-refractivity contribution in [2.75, 3.05) is 6.54 Å². The first-order valence-electron chi connectivity index (χ1n) is 5.40. The Morgan fingerprint density at radius 1 is 1.31 bits per heavy atom. The van der Waals surface area contributed by atoms with Crippen LogP contribution in [0.2, 0.25) is 0 Å². The van der Waals surface area contributed by atoms with Crippen LogP contribution in [0.5, 0.6) is 0 Å². The zero-order chi connectivity index (χ0) is 12.0. The molecule has 1 amide bonds. The molecule has 0 bridgehead atoms. The van der Waals surface area contributed by atoms with Crippen LogP contribution in [-0.4, -0.2) is 12.5 Å². The SMILES string of the molecule is CC#CCCNC(=O)c1ccc(C)c(C)c1. The summed E-state index contributed by atoms with van der Waals surface area (Å²) in [6.07, 6.45) is 0.701. The van der Waals surface area contributed by atoms with Gasteiger partial charge in [-0.25, -0.2) is 0 Å². The highest BCUT2D eigenvalue weighted by Gasteiger charge is 2.04. The van der Waals surface area contributed by atoms with Crippen LogP contribution < -0.4 is 5.32 Å². The summed E-state index contributed by atoms with van der Waals surface area (Å²) >= 11 is 0. The van der Waals surface area contributed by atoms with E-state index in [1.807, 2.05) is 32.0 Å². The van der Waals surface area contributed by atoms with Crippen LogP contribution >= 0.6 is 0 Å². The van der Waals surface area contributed by atoms with E-state index in [0.29, 0.717) is 18.5 Å². The van der Waals surface area contributed by atoms with Gasteiger partial charge in [-0.1, -0.05) is 6.07 Å². The summed E-state index contributed by atoms with van der Waals surface area (Å²) in [4.78, 5) is 11.7. The van der Waals surface area contributed by atoms with Crippen molar-refractivity contribution in [2.45, 2.75) is 27.2 Å². The fourth-order valence-corrected chi connectivity index (χ4v) is 1.35. The van der Waals surface area contributed by atoms with Crippen LogP contribution in [-0.2, 0) is 0 Å². The molecular formula is C14H17NO. The Morgan fingerprint density at radius 3 is 2.69 bits per heavy atom. The van der Waals surface area contributed by atoms with Crippen molar-refractivity contribution in [3.8, 4) is 11.8 Å². The molecule has 1 aromatic carbocycles. The third kappa shape index (κ3) is 3.43. The largest absolute Gasteiger partial charge is 0.351 e. The minimum Gasteiger partial charge on any atom is -0.351 e. The number of hydrogen-bond donors (Lipinski definition) is 1. The van der Waals surface area contributed by atoms with Gasteiger partial charge in [-0.05, 0) is 44.0 Å². The van der Waals surface area contributed by atoms with Crippen LogP contribution in [0.4, 0.5) is 0 Å². The maximum atomic E-state index is 11.7. The van der Waals surface area contributed by atoms with E-state index in [1.54, 1.807) is 6.92 Å². The van der Waals surface area contributed by atoms with Gasteiger partial charge in [0.15, 0.2) is 0 Å². The minimum absolute atomic E-state index is 0.0268. The highest BCUT2D eigenvalue weighted by Crippen LogP contribution is 2.09. The molecule has 0 spiro atoms. The van der Waals surface area contributed by atoms with Gasteiger partial charge in [-0.2, -0.15) is 0 Å². The molecule has 0 aliphatic rings. The Balaban J connectivity index is 2.58. The Hall–Kier alpha value is -1.75. The molecule has 1 aromatic rings. The summed E-state index contributed by atoms with van der Waals surface area (Å²) < 4.78 is 0. The van der Waals surface area contributed by atoms with Gasteiger partial charge >= 0.3 is 0 Å². The number of rotatable bonds is 3. The standard InChI is InChI=1S/C14H17NO/c1-4-5-6-9-15-14(16)13-8-7-11(2)12(3)10-13/h7-8,10H,6,9H2,1-3H3,(H,15,16). The third-order valence-electron chi connectivity index (χ3n) is 2.48. The average Bonchev–Trinajstić information content (AvgIpc) is 2.28. The molecule has 0 radical (unpaired) electrons. The molecular weight excluding hydrogens is 198 g/mol. The normalized spacial score (nSPS) is 9.19. The Morgan fingerprint density at radius 2 is 2.06 bits per heavy atom. The second kappa shape index (κ2) is 5.97. The highest BCUT2D eigenvalue weighted by molar-refractivity contribution is 5.94. The van der Waals surface area contributed by atoms with Crippen molar-refractivity contribution in [1.29, 1.82) is 0 Å². The van der Waals surface area contributed by atoms with Crippen LogP contribution in [0.3, 0.4) is 0 Å². The summed E-state index contributed by atoms with van der Waals surface area (Å²) in [5.41, 5.74) is 3.06. The van der Waals surface area contributed by atoms with E-state index >= 15 is 0 Å².